The largest absolute Gasteiger partial charge is 0.378 e. The second-order valence-electron chi connectivity index (χ2n) is 3.43. The Balaban J connectivity index is 2.23. The van der Waals surface area contributed by atoms with Crippen LogP contribution in [-0.2, 0) is 0 Å². The molecule has 17 heavy (non-hydrogen) atoms. The number of rotatable bonds is 2. The third kappa shape index (κ3) is 1.67. The number of hydrogen-bond acceptors (Lipinski definition) is 7. The Bertz CT molecular complexity index is 639. The van der Waals surface area contributed by atoms with Crippen LogP contribution in [0.25, 0.3) is 21.0 Å². The Morgan fingerprint density at radius 3 is 2.82 bits per heavy atom. The minimum absolute atomic E-state index is 0.695. The zero-order chi connectivity index (χ0) is 11.8. The highest BCUT2D eigenvalue weighted by molar-refractivity contribution is 7.21. The van der Waals surface area contributed by atoms with Gasteiger partial charge < -0.3 is 5.32 Å². The van der Waals surface area contributed by atoms with Crippen LogP contribution in [0.3, 0.4) is 0 Å². The Morgan fingerprint density at radius 1 is 1.24 bits per heavy atom. The molecule has 0 aliphatic heterocycles. The average molecular weight is 263 g/mol. The van der Waals surface area contributed by atoms with Gasteiger partial charge in [0.15, 0.2) is 10.5 Å². The van der Waals surface area contributed by atoms with Gasteiger partial charge in [0.05, 0.1) is 11.3 Å². The number of anilines is 1. The van der Waals surface area contributed by atoms with E-state index in [0.717, 1.165) is 26.1 Å². The minimum atomic E-state index is 0.695. The van der Waals surface area contributed by atoms with Crippen molar-refractivity contribution in [1.29, 1.82) is 0 Å². The molecule has 3 aromatic rings. The summed E-state index contributed by atoms with van der Waals surface area (Å²) >= 11 is 2.99. The molecule has 1 N–H and O–H groups in total. The van der Waals surface area contributed by atoms with Gasteiger partial charge in [-0.1, -0.05) is 11.3 Å². The zero-order valence-corrected chi connectivity index (χ0v) is 10.9. The maximum Gasteiger partial charge on any atom is 0.190 e. The first-order valence-corrected chi connectivity index (χ1v) is 6.60. The molecule has 0 aromatic carbocycles. The fourth-order valence-corrected chi connectivity index (χ4v) is 3.36. The second kappa shape index (κ2) is 4.01. The molecule has 0 amide bonds. The monoisotopic (exact) mass is 263 g/mol. The minimum Gasteiger partial charge on any atom is -0.378 e. The highest BCUT2D eigenvalue weighted by Crippen LogP contribution is 2.37. The van der Waals surface area contributed by atoms with Gasteiger partial charge in [-0.3, -0.25) is 0 Å². The number of fused-ring (bicyclic) bond motifs is 1. The molecule has 0 unspecified atom stereocenters. The molecule has 0 saturated heterocycles. The summed E-state index contributed by atoms with van der Waals surface area (Å²) in [6.45, 7) is 1.99. The van der Waals surface area contributed by atoms with Gasteiger partial charge in [0, 0.05) is 19.4 Å². The highest BCUT2D eigenvalue weighted by atomic mass is 32.1. The van der Waals surface area contributed by atoms with E-state index in [4.69, 9.17) is 0 Å². The normalized spacial score (nSPS) is 10.9. The first kappa shape index (κ1) is 10.5. The summed E-state index contributed by atoms with van der Waals surface area (Å²) in [4.78, 5) is 13.8. The van der Waals surface area contributed by atoms with Crippen LogP contribution < -0.4 is 5.32 Å². The lowest BCUT2D eigenvalue weighted by molar-refractivity contribution is 1.26. The van der Waals surface area contributed by atoms with Gasteiger partial charge in [-0.15, -0.1) is 0 Å². The van der Waals surface area contributed by atoms with E-state index in [9.17, 15) is 0 Å². The SMILES string of the molecule is CNc1snc(C)c1-c1nc2nccnc2s1. The quantitative estimate of drug-likeness (QED) is 0.770. The van der Waals surface area contributed by atoms with Crippen LogP contribution in [-0.4, -0.2) is 26.4 Å². The fourth-order valence-electron chi connectivity index (χ4n) is 1.58. The van der Waals surface area contributed by atoms with Gasteiger partial charge in [0.2, 0.25) is 0 Å². The van der Waals surface area contributed by atoms with E-state index in [1.165, 1.54) is 11.5 Å². The molecule has 0 spiro atoms. The molecular weight excluding hydrogens is 254 g/mol. The van der Waals surface area contributed by atoms with Crippen LogP contribution in [0.1, 0.15) is 5.69 Å². The number of aromatic nitrogens is 4. The lowest BCUT2D eigenvalue weighted by atomic mass is 10.2. The van der Waals surface area contributed by atoms with Crippen molar-refractivity contribution in [3.05, 3.63) is 18.1 Å². The van der Waals surface area contributed by atoms with E-state index < -0.39 is 0 Å². The molecule has 7 heteroatoms. The van der Waals surface area contributed by atoms with E-state index in [2.05, 4.69) is 24.6 Å². The number of nitrogens with zero attached hydrogens (tertiary/aromatic N) is 4. The third-order valence-corrected chi connectivity index (χ3v) is 4.28. The van der Waals surface area contributed by atoms with Crippen molar-refractivity contribution < 1.29 is 0 Å². The Morgan fingerprint density at radius 2 is 2.06 bits per heavy atom. The Kier molecular flexibility index (Phi) is 2.49. The fraction of sp³-hybridized carbons (Fsp3) is 0.200. The number of aryl methyl sites for hydroxylation is 1. The van der Waals surface area contributed by atoms with Crippen molar-refractivity contribution in [2.45, 2.75) is 6.92 Å². The lowest BCUT2D eigenvalue weighted by Gasteiger charge is -1.97. The van der Waals surface area contributed by atoms with Crippen LogP contribution in [0.5, 0.6) is 0 Å². The summed E-state index contributed by atoms with van der Waals surface area (Å²) < 4.78 is 4.34. The molecule has 3 heterocycles. The van der Waals surface area contributed by atoms with Gasteiger partial charge in [-0.05, 0) is 18.5 Å². The molecular formula is C10H9N5S2. The molecule has 0 aliphatic carbocycles. The molecule has 3 rings (SSSR count). The Hall–Kier alpha value is -1.60. The summed E-state index contributed by atoms with van der Waals surface area (Å²) in [5, 5.41) is 5.09. The van der Waals surface area contributed by atoms with E-state index >= 15 is 0 Å². The van der Waals surface area contributed by atoms with Gasteiger partial charge in [-0.2, -0.15) is 4.37 Å². The van der Waals surface area contributed by atoms with Crippen LogP contribution >= 0.6 is 22.9 Å². The smallest absolute Gasteiger partial charge is 0.190 e. The van der Waals surface area contributed by atoms with Crippen LogP contribution in [0, 0.1) is 6.92 Å². The summed E-state index contributed by atoms with van der Waals surface area (Å²) in [6.07, 6.45) is 3.34. The van der Waals surface area contributed by atoms with Crippen molar-refractivity contribution >= 4 is 38.3 Å². The summed E-state index contributed by atoms with van der Waals surface area (Å²) in [5.74, 6) is 0. The van der Waals surface area contributed by atoms with Crippen LogP contribution in [0.2, 0.25) is 0 Å². The van der Waals surface area contributed by atoms with E-state index in [1.54, 1.807) is 23.7 Å². The van der Waals surface area contributed by atoms with Gasteiger partial charge in [-0.25, -0.2) is 15.0 Å². The third-order valence-electron chi connectivity index (χ3n) is 2.35. The summed E-state index contributed by atoms with van der Waals surface area (Å²) in [6, 6.07) is 0. The second-order valence-corrected chi connectivity index (χ2v) is 5.18. The molecule has 3 aromatic heterocycles. The molecule has 0 bridgehead atoms. The summed E-state index contributed by atoms with van der Waals surface area (Å²) in [5.41, 5.74) is 2.74. The maximum absolute atomic E-state index is 4.50. The highest BCUT2D eigenvalue weighted by Gasteiger charge is 2.16. The lowest BCUT2D eigenvalue weighted by Crippen LogP contribution is -1.87. The number of hydrogen-bond donors (Lipinski definition) is 1. The van der Waals surface area contributed by atoms with Crippen molar-refractivity contribution in [3.8, 4) is 10.6 Å². The average Bonchev–Trinajstić information content (AvgIpc) is 2.91. The zero-order valence-electron chi connectivity index (χ0n) is 9.26. The van der Waals surface area contributed by atoms with Crippen molar-refractivity contribution in [3.63, 3.8) is 0 Å². The topological polar surface area (TPSA) is 63.6 Å². The molecule has 0 atom stereocenters. The van der Waals surface area contributed by atoms with Gasteiger partial charge >= 0.3 is 0 Å². The van der Waals surface area contributed by atoms with Crippen molar-refractivity contribution in [2.24, 2.45) is 0 Å². The van der Waals surface area contributed by atoms with Crippen molar-refractivity contribution in [2.75, 3.05) is 12.4 Å². The maximum atomic E-state index is 4.50. The van der Waals surface area contributed by atoms with Gasteiger partial charge in [0.1, 0.15) is 10.0 Å². The molecule has 0 aliphatic rings. The Labute approximate surface area is 106 Å². The molecule has 0 saturated carbocycles. The first-order chi connectivity index (χ1) is 8.29. The molecule has 86 valence electrons. The van der Waals surface area contributed by atoms with E-state index in [0.29, 0.717) is 5.65 Å². The molecule has 5 nitrogen and oxygen atoms in total. The van der Waals surface area contributed by atoms with Crippen molar-refractivity contribution in [1.82, 2.24) is 19.3 Å². The van der Waals surface area contributed by atoms with E-state index in [1.807, 2.05) is 14.0 Å². The summed E-state index contributed by atoms with van der Waals surface area (Å²) in [7, 11) is 1.89. The first-order valence-electron chi connectivity index (χ1n) is 5.01. The number of thiazole rings is 1. The van der Waals surface area contributed by atoms with Gasteiger partial charge in [0.25, 0.3) is 0 Å². The standard InChI is InChI=1S/C10H9N5S2/c1-5-6(8(11-2)17-15-5)9-14-7-10(16-9)13-4-3-12-7/h3-4,11H,1-2H3. The predicted octanol–water partition coefficient (Wildman–Crippen LogP) is 2.56. The molecule has 0 radical (unpaired) electrons. The van der Waals surface area contributed by atoms with Crippen LogP contribution in [0.15, 0.2) is 12.4 Å². The van der Waals surface area contributed by atoms with E-state index in [-0.39, 0.29) is 0 Å². The molecule has 0 fully saturated rings. The number of nitrogens with one attached hydrogen (secondary N) is 1. The predicted molar refractivity (Wildman–Crippen MR) is 70.6 cm³/mol. The van der Waals surface area contributed by atoms with Crippen LogP contribution in [0.4, 0.5) is 5.00 Å².